The quantitative estimate of drug-likeness (QED) is 0.158. The second-order valence-corrected chi connectivity index (χ2v) is 16.9. The van der Waals surface area contributed by atoms with Crippen molar-refractivity contribution in [1.82, 2.24) is 4.57 Å². The average Bonchev–Trinajstić information content (AvgIpc) is 3.99. The number of aromatic nitrogens is 1. The molecule has 11 aromatic rings. The average molecular weight is 835 g/mol. The summed E-state index contributed by atoms with van der Waals surface area (Å²) in [4.78, 5) is 4.54. The minimum absolute atomic E-state index is 0.149. The third-order valence-electron chi connectivity index (χ3n) is 13.7. The Kier molecular flexibility index (Phi) is 7.25. The fraction of sp³-hybridized carbons (Fsp3) is 0.0323. The molecule has 0 fully saturated rings. The number of aryl methyl sites for hydroxylation is 1. The zero-order valence-electron chi connectivity index (χ0n) is 40.5. The maximum Gasteiger partial charge on any atom is 0.0727 e. The van der Waals surface area contributed by atoms with Crippen molar-refractivity contribution in [3.05, 3.63) is 265 Å². The largest absolute Gasteiger partial charge is 0.344 e. The zero-order chi connectivity index (χ0) is 47.4. The van der Waals surface area contributed by atoms with Crippen LogP contribution in [0.1, 0.15) is 29.1 Å². The molecule has 2 aliphatic rings. The maximum absolute atomic E-state index is 9.20. The molecule has 0 N–H and O–H groups in total. The third-order valence-corrected chi connectivity index (χ3v) is 13.7. The van der Waals surface area contributed by atoms with Crippen molar-refractivity contribution in [2.24, 2.45) is 7.05 Å². The van der Waals surface area contributed by atoms with E-state index in [9.17, 15) is 2.74 Å². The van der Waals surface area contributed by atoms with Crippen LogP contribution in [-0.4, -0.2) is 4.57 Å². The summed E-state index contributed by atoms with van der Waals surface area (Å²) in [5.74, 6) is 0. The third kappa shape index (κ3) is 5.49. The SMILES string of the molecule is [2H]c1c([2H])c([2H])c(-c2ccccc2N(c2ccc3c(c2)C2(c4ccccc4-c4ccc(N(c5ccccc5)c5ccccc5)cc42)c2ccccc2-3)c2ccc3c(c2)c2ccccc2n3C)c([2H])c1[2H]. The van der Waals surface area contributed by atoms with Crippen molar-refractivity contribution in [3.63, 3.8) is 0 Å². The first-order valence-electron chi connectivity index (χ1n) is 24.6. The number of benzene rings is 10. The van der Waals surface area contributed by atoms with Crippen LogP contribution in [0.3, 0.4) is 0 Å². The summed E-state index contributed by atoms with van der Waals surface area (Å²) in [6, 6.07) is 73.4. The number of hydrogen-bond donors (Lipinski definition) is 0. The molecule has 0 amide bonds. The highest BCUT2D eigenvalue weighted by Crippen LogP contribution is 2.64. The Labute approximate surface area is 386 Å². The Bertz CT molecular complexity index is 3860. The number of fused-ring (bicyclic) bond motifs is 13. The van der Waals surface area contributed by atoms with Crippen molar-refractivity contribution in [2.45, 2.75) is 5.41 Å². The summed E-state index contributed by atoms with van der Waals surface area (Å²) in [5.41, 5.74) is 17.1. The van der Waals surface area contributed by atoms with Gasteiger partial charge >= 0.3 is 0 Å². The van der Waals surface area contributed by atoms with Crippen molar-refractivity contribution in [3.8, 4) is 33.4 Å². The smallest absolute Gasteiger partial charge is 0.0727 e. The highest BCUT2D eigenvalue weighted by Gasteiger charge is 2.52. The number of para-hydroxylation sites is 4. The molecule has 0 saturated heterocycles. The van der Waals surface area contributed by atoms with Crippen LogP contribution in [0.5, 0.6) is 0 Å². The molecule has 1 unspecified atom stereocenters. The van der Waals surface area contributed by atoms with Crippen LogP contribution >= 0.6 is 0 Å². The first-order valence-corrected chi connectivity index (χ1v) is 22.1. The summed E-state index contributed by atoms with van der Waals surface area (Å²) >= 11 is 0. The van der Waals surface area contributed by atoms with Crippen molar-refractivity contribution < 1.29 is 6.85 Å². The normalized spacial score (nSPS) is 15.4. The molecule has 1 aromatic heterocycles. The molecule has 2 aliphatic carbocycles. The summed E-state index contributed by atoms with van der Waals surface area (Å²) in [6.07, 6.45) is 0. The summed E-state index contributed by atoms with van der Waals surface area (Å²) < 4.78 is 46.6. The van der Waals surface area contributed by atoms with E-state index in [1.807, 2.05) is 24.3 Å². The van der Waals surface area contributed by atoms with Gasteiger partial charge in [-0.15, -0.1) is 0 Å². The fourth-order valence-corrected chi connectivity index (χ4v) is 11.0. The second kappa shape index (κ2) is 14.6. The van der Waals surface area contributed by atoms with E-state index in [1.54, 1.807) is 0 Å². The first kappa shape index (κ1) is 32.3. The Balaban J connectivity index is 1.10. The van der Waals surface area contributed by atoms with Gasteiger partial charge in [0.2, 0.25) is 0 Å². The molecule has 3 nitrogen and oxygen atoms in total. The van der Waals surface area contributed by atoms with Crippen LogP contribution in [-0.2, 0) is 12.5 Å². The lowest BCUT2D eigenvalue weighted by Gasteiger charge is -2.33. The van der Waals surface area contributed by atoms with Crippen LogP contribution in [0.25, 0.3) is 55.2 Å². The Morgan fingerprint density at radius 2 is 0.846 bits per heavy atom. The van der Waals surface area contributed by atoms with Crippen LogP contribution in [0.15, 0.2) is 243 Å². The minimum Gasteiger partial charge on any atom is -0.344 e. The van der Waals surface area contributed by atoms with E-state index in [4.69, 9.17) is 4.11 Å². The fourth-order valence-electron chi connectivity index (χ4n) is 11.0. The van der Waals surface area contributed by atoms with Crippen LogP contribution in [0.2, 0.25) is 0 Å². The molecule has 1 heterocycles. The van der Waals surface area contributed by atoms with Gasteiger partial charge in [-0.1, -0.05) is 164 Å². The molecule has 0 saturated carbocycles. The molecule has 0 aliphatic heterocycles. The van der Waals surface area contributed by atoms with E-state index in [-0.39, 0.29) is 29.7 Å². The van der Waals surface area contributed by atoms with E-state index in [2.05, 4.69) is 209 Å². The van der Waals surface area contributed by atoms with Crippen molar-refractivity contribution >= 4 is 55.9 Å². The van der Waals surface area contributed by atoms with E-state index in [1.165, 1.54) is 33.4 Å². The van der Waals surface area contributed by atoms with Crippen molar-refractivity contribution in [1.29, 1.82) is 0 Å². The van der Waals surface area contributed by atoms with Gasteiger partial charge in [0, 0.05) is 62.9 Å². The summed E-state index contributed by atoms with van der Waals surface area (Å²) in [7, 11) is 2.09. The lowest BCUT2D eigenvalue weighted by molar-refractivity contribution is 0.793. The van der Waals surface area contributed by atoms with Gasteiger partial charge in [-0.05, 0) is 129 Å². The topological polar surface area (TPSA) is 11.4 Å². The number of anilines is 6. The van der Waals surface area contributed by atoms with Gasteiger partial charge in [-0.2, -0.15) is 0 Å². The van der Waals surface area contributed by atoms with E-state index < -0.39 is 11.5 Å². The van der Waals surface area contributed by atoms with Crippen LogP contribution in [0.4, 0.5) is 34.1 Å². The number of rotatable bonds is 7. The van der Waals surface area contributed by atoms with Gasteiger partial charge < -0.3 is 14.4 Å². The van der Waals surface area contributed by atoms with Crippen LogP contribution in [0, 0.1) is 0 Å². The first-order chi connectivity index (χ1) is 34.3. The molecule has 1 spiro atoms. The van der Waals surface area contributed by atoms with Crippen LogP contribution < -0.4 is 9.80 Å². The van der Waals surface area contributed by atoms with Gasteiger partial charge in [0.05, 0.1) is 18.0 Å². The van der Waals surface area contributed by atoms with Gasteiger partial charge in [-0.3, -0.25) is 0 Å². The van der Waals surface area contributed by atoms with Gasteiger partial charge in [0.25, 0.3) is 0 Å². The van der Waals surface area contributed by atoms with E-state index >= 15 is 0 Å². The molecule has 306 valence electrons. The Morgan fingerprint density at radius 1 is 0.369 bits per heavy atom. The molecule has 10 aromatic carbocycles. The van der Waals surface area contributed by atoms with E-state index in [0.29, 0.717) is 11.3 Å². The standard InChI is InChI=1S/C62H43N3/c1-63-59-31-17-14-28-53(59)54-39-45(35-38-60(54)63)65(61-32-18-13-25-48(61)42-19-5-2-6-20-42)47-34-37-52-50-27-12-16-30-56(50)62(58(52)41-47)55-29-15-11-26-49(55)51-36-33-46(40-57(51)62)64(43-21-7-3-8-22-43)44-23-9-4-10-24-44/h2-41H,1H3/i2D,5D,6D,19D,20D. The molecule has 65 heavy (non-hydrogen) atoms. The minimum atomic E-state index is -0.722. The maximum atomic E-state index is 9.20. The molecular formula is C62H43N3. The van der Waals surface area contributed by atoms with E-state index in [0.717, 1.165) is 61.4 Å². The number of hydrogen-bond acceptors (Lipinski definition) is 2. The molecule has 3 heteroatoms. The van der Waals surface area contributed by atoms with Gasteiger partial charge in [0.1, 0.15) is 0 Å². The lowest BCUT2D eigenvalue weighted by atomic mass is 9.70. The zero-order valence-corrected chi connectivity index (χ0v) is 35.5. The predicted octanol–water partition coefficient (Wildman–Crippen LogP) is 16.3. The van der Waals surface area contributed by atoms with Gasteiger partial charge in [0.15, 0.2) is 0 Å². The molecule has 0 bridgehead atoms. The Morgan fingerprint density at radius 3 is 1.49 bits per heavy atom. The summed E-state index contributed by atoms with van der Waals surface area (Å²) in [5, 5.41) is 2.21. The Hall–Kier alpha value is -8.40. The molecule has 0 radical (unpaired) electrons. The second-order valence-electron chi connectivity index (χ2n) is 16.9. The number of nitrogens with zero attached hydrogens (tertiary/aromatic N) is 3. The highest BCUT2D eigenvalue weighted by molar-refractivity contribution is 6.10. The summed E-state index contributed by atoms with van der Waals surface area (Å²) in [6.45, 7) is 0. The highest BCUT2D eigenvalue weighted by atomic mass is 15.2. The van der Waals surface area contributed by atoms with Crippen molar-refractivity contribution in [2.75, 3.05) is 9.80 Å². The predicted molar refractivity (Wildman–Crippen MR) is 272 cm³/mol. The molecular weight excluding hydrogens is 787 g/mol. The monoisotopic (exact) mass is 834 g/mol. The molecule has 1 atom stereocenters. The van der Waals surface area contributed by atoms with Gasteiger partial charge in [-0.25, -0.2) is 0 Å². The molecule has 13 rings (SSSR count). The lowest BCUT2D eigenvalue weighted by Crippen LogP contribution is -2.26.